The quantitative estimate of drug-likeness (QED) is 0.336. The Bertz CT molecular complexity index is 497. The molecule has 0 bridgehead atoms. The van der Waals surface area contributed by atoms with Crippen LogP contribution in [0.2, 0.25) is 0 Å². The zero-order chi connectivity index (χ0) is 18.7. The van der Waals surface area contributed by atoms with Gasteiger partial charge in [-0.15, -0.1) is 11.6 Å². The highest BCUT2D eigenvalue weighted by Crippen LogP contribution is 2.22. The molecule has 0 fully saturated rings. The zero-order valence-corrected chi connectivity index (χ0v) is 15.9. The van der Waals surface area contributed by atoms with Gasteiger partial charge in [0.25, 0.3) is 0 Å². The molecule has 0 aliphatic rings. The highest BCUT2D eigenvalue weighted by molar-refractivity contribution is 6.17. The van der Waals surface area contributed by atoms with E-state index in [1.807, 2.05) is 30.3 Å². The fourth-order valence-electron chi connectivity index (χ4n) is 2.80. The summed E-state index contributed by atoms with van der Waals surface area (Å²) in [6.07, 6.45) is 1.68. The number of aliphatic hydroxyl groups excluding tert-OH is 1. The predicted octanol–water partition coefficient (Wildman–Crippen LogP) is 3.25. The summed E-state index contributed by atoms with van der Waals surface area (Å²) in [6, 6.07) is 9.02. The van der Waals surface area contributed by atoms with E-state index in [0.29, 0.717) is 18.8 Å². The minimum atomic E-state index is -1.12. The number of alkyl halides is 1. The number of amides is 1. The van der Waals surface area contributed by atoms with E-state index in [-0.39, 0.29) is 5.41 Å². The van der Waals surface area contributed by atoms with Crippen molar-refractivity contribution in [2.24, 2.45) is 5.41 Å². The van der Waals surface area contributed by atoms with Crippen molar-refractivity contribution in [2.45, 2.75) is 51.7 Å². The molecule has 1 rings (SSSR count). The van der Waals surface area contributed by atoms with Crippen molar-refractivity contribution in [1.29, 1.82) is 0 Å². The van der Waals surface area contributed by atoms with Crippen molar-refractivity contribution in [3.8, 4) is 0 Å². The first-order valence-electron chi connectivity index (χ1n) is 8.82. The molecular formula is C19H31ClN2O3. The lowest BCUT2D eigenvalue weighted by Gasteiger charge is -2.28. The van der Waals surface area contributed by atoms with Crippen LogP contribution in [0.5, 0.6) is 0 Å². The number of hydrogen-bond acceptors (Lipinski definition) is 3. The summed E-state index contributed by atoms with van der Waals surface area (Å²) >= 11 is 5.72. The standard InChI is InChI=1S/C19H31ClN2O3/c1-19(2,10-6-7-11-20)14-21-13-17(23)16(22-18(24)25)12-15-8-4-3-5-9-15/h3-5,8-9,16-17,21-23H,6-7,10-14H2,1-2H3,(H,24,25)/t16-,17+/m0/s1. The molecule has 0 aliphatic carbocycles. The lowest BCUT2D eigenvalue weighted by molar-refractivity contribution is 0.114. The molecule has 25 heavy (non-hydrogen) atoms. The highest BCUT2D eigenvalue weighted by Gasteiger charge is 2.23. The molecule has 2 atom stereocenters. The number of aliphatic hydroxyl groups is 1. The van der Waals surface area contributed by atoms with Gasteiger partial charge in [-0.3, -0.25) is 0 Å². The van der Waals surface area contributed by atoms with Crippen LogP contribution in [0.4, 0.5) is 4.79 Å². The van der Waals surface area contributed by atoms with Gasteiger partial charge in [0.15, 0.2) is 0 Å². The third-order valence-electron chi connectivity index (χ3n) is 4.27. The second kappa shape index (κ2) is 11.3. The first-order chi connectivity index (χ1) is 11.8. The first kappa shape index (κ1) is 21.7. The fraction of sp³-hybridized carbons (Fsp3) is 0.632. The summed E-state index contributed by atoms with van der Waals surface area (Å²) in [5.74, 6) is 0.685. The summed E-state index contributed by atoms with van der Waals surface area (Å²) in [6.45, 7) is 5.46. The van der Waals surface area contributed by atoms with Gasteiger partial charge in [0.05, 0.1) is 12.1 Å². The Balaban J connectivity index is 2.49. The number of carbonyl (C=O) groups is 1. The second-order valence-corrected chi connectivity index (χ2v) is 7.63. The van der Waals surface area contributed by atoms with Crippen molar-refractivity contribution in [3.05, 3.63) is 35.9 Å². The van der Waals surface area contributed by atoms with E-state index in [1.54, 1.807) is 0 Å². The van der Waals surface area contributed by atoms with Crippen molar-refractivity contribution in [2.75, 3.05) is 19.0 Å². The molecular weight excluding hydrogens is 340 g/mol. The second-order valence-electron chi connectivity index (χ2n) is 7.25. The summed E-state index contributed by atoms with van der Waals surface area (Å²) < 4.78 is 0. The van der Waals surface area contributed by atoms with Crippen LogP contribution in [0.25, 0.3) is 0 Å². The monoisotopic (exact) mass is 370 g/mol. The molecule has 1 aromatic carbocycles. The van der Waals surface area contributed by atoms with E-state index >= 15 is 0 Å². The van der Waals surface area contributed by atoms with Gasteiger partial charge >= 0.3 is 6.09 Å². The third-order valence-corrected chi connectivity index (χ3v) is 4.53. The van der Waals surface area contributed by atoms with Gasteiger partial charge in [-0.05, 0) is 30.2 Å². The highest BCUT2D eigenvalue weighted by atomic mass is 35.5. The average Bonchev–Trinajstić information content (AvgIpc) is 2.54. The summed E-state index contributed by atoms with van der Waals surface area (Å²) in [7, 11) is 0. The maximum absolute atomic E-state index is 11.0. The van der Waals surface area contributed by atoms with Crippen molar-refractivity contribution in [3.63, 3.8) is 0 Å². The maximum atomic E-state index is 11.0. The Labute approximate surface area is 155 Å². The molecule has 4 N–H and O–H groups in total. The van der Waals surface area contributed by atoms with Gasteiger partial charge in [0.2, 0.25) is 0 Å². The molecule has 0 aliphatic heterocycles. The van der Waals surface area contributed by atoms with Crippen LogP contribution >= 0.6 is 11.6 Å². The van der Waals surface area contributed by atoms with Crippen LogP contribution < -0.4 is 10.6 Å². The molecule has 1 amide bonds. The summed E-state index contributed by atoms with van der Waals surface area (Å²) in [5, 5.41) is 25.2. The Morgan fingerprint density at radius 1 is 1.24 bits per heavy atom. The number of carboxylic acid groups (broad SMARTS) is 1. The maximum Gasteiger partial charge on any atom is 0.404 e. The molecule has 0 heterocycles. The van der Waals surface area contributed by atoms with Crippen LogP contribution in [0.3, 0.4) is 0 Å². The fourth-order valence-corrected chi connectivity index (χ4v) is 2.99. The molecule has 0 spiro atoms. The Kier molecular flexibility index (Phi) is 9.86. The Hall–Kier alpha value is -1.30. The number of benzene rings is 1. The van der Waals surface area contributed by atoms with Crippen molar-refractivity contribution in [1.82, 2.24) is 10.6 Å². The Morgan fingerprint density at radius 3 is 2.52 bits per heavy atom. The minimum absolute atomic E-state index is 0.112. The largest absolute Gasteiger partial charge is 0.465 e. The number of unbranched alkanes of at least 4 members (excludes halogenated alkanes) is 1. The summed E-state index contributed by atoms with van der Waals surface area (Å²) in [4.78, 5) is 11.0. The SMILES string of the molecule is CC(C)(CCCCCl)CNC[C@@H](O)[C@H](Cc1ccccc1)NC(=O)O. The van der Waals surface area contributed by atoms with Crippen LogP contribution in [-0.2, 0) is 6.42 Å². The zero-order valence-electron chi connectivity index (χ0n) is 15.2. The van der Waals surface area contributed by atoms with E-state index in [2.05, 4.69) is 24.5 Å². The van der Waals surface area contributed by atoms with E-state index < -0.39 is 18.2 Å². The predicted molar refractivity (Wildman–Crippen MR) is 102 cm³/mol. The molecule has 0 saturated heterocycles. The first-order valence-corrected chi connectivity index (χ1v) is 9.35. The normalized spacial score (nSPS) is 14.1. The molecule has 0 unspecified atom stereocenters. The van der Waals surface area contributed by atoms with Gasteiger partial charge in [0, 0.05) is 19.0 Å². The molecule has 6 heteroatoms. The molecule has 5 nitrogen and oxygen atoms in total. The van der Waals surface area contributed by atoms with E-state index in [9.17, 15) is 9.90 Å². The van der Waals surface area contributed by atoms with Gasteiger partial charge < -0.3 is 20.8 Å². The average molecular weight is 371 g/mol. The van der Waals surface area contributed by atoms with Gasteiger partial charge in [-0.2, -0.15) is 0 Å². The van der Waals surface area contributed by atoms with Gasteiger partial charge in [0.1, 0.15) is 0 Å². The van der Waals surface area contributed by atoms with E-state index in [4.69, 9.17) is 16.7 Å². The van der Waals surface area contributed by atoms with Crippen LogP contribution in [0.1, 0.15) is 38.7 Å². The smallest absolute Gasteiger partial charge is 0.404 e. The van der Waals surface area contributed by atoms with Crippen molar-refractivity contribution >= 4 is 17.7 Å². The molecule has 0 saturated carbocycles. The van der Waals surface area contributed by atoms with E-state index in [1.165, 1.54) is 0 Å². The minimum Gasteiger partial charge on any atom is -0.465 e. The molecule has 0 radical (unpaired) electrons. The van der Waals surface area contributed by atoms with E-state index in [0.717, 1.165) is 31.4 Å². The summed E-state index contributed by atoms with van der Waals surface area (Å²) in [5.41, 5.74) is 1.10. The topological polar surface area (TPSA) is 81.6 Å². The third kappa shape index (κ3) is 9.68. The number of hydrogen-bond donors (Lipinski definition) is 4. The number of halogens is 1. The van der Waals surface area contributed by atoms with Crippen LogP contribution in [-0.4, -0.2) is 47.4 Å². The number of rotatable bonds is 12. The lowest BCUT2D eigenvalue weighted by atomic mass is 9.87. The molecule has 1 aromatic rings. The molecule has 0 aromatic heterocycles. The molecule has 142 valence electrons. The number of nitrogens with one attached hydrogen (secondary N) is 2. The van der Waals surface area contributed by atoms with Gasteiger partial charge in [-0.25, -0.2) is 4.79 Å². The Morgan fingerprint density at radius 2 is 1.92 bits per heavy atom. The lowest BCUT2D eigenvalue weighted by Crippen LogP contribution is -2.49. The van der Waals surface area contributed by atoms with Crippen LogP contribution in [0, 0.1) is 5.41 Å². The van der Waals surface area contributed by atoms with Crippen LogP contribution in [0.15, 0.2) is 30.3 Å². The van der Waals surface area contributed by atoms with Gasteiger partial charge in [-0.1, -0.05) is 50.6 Å². The van der Waals surface area contributed by atoms with Crippen molar-refractivity contribution < 1.29 is 15.0 Å².